The summed E-state index contributed by atoms with van der Waals surface area (Å²) < 4.78 is 26.9. The van der Waals surface area contributed by atoms with Crippen molar-refractivity contribution in [2.24, 2.45) is 10.8 Å². The number of pyridine rings is 1. The van der Waals surface area contributed by atoms with Gasteiger partial charge in [-0.25, -0.2) is 13.1 Å². The fourth-order valence-corrected chi connectivity index (χ4v) is 3.90. The molecule has 0 spiro atoms. The smallest absolute Gasteiger partial charge is 0.246 e. The Morgan fingerprint density at radius 3 is 2.22 bits per heavy atom. The number of H-pyrrole nitrogens is 1. The van der Waals surface area contributed by atoms with Crippen LogP contribution in [0.2, 0.25) is 0 Å². The van der Waals surface area contributed by atoms with E-state index in [1.165, 1.54) is 18.5 Å². The van der Waals surface area contributed by atoms with Gasteiger partial charge in [0.25, 0.3) is 0 Å². The van der Waals surface area contributed by atoms with Gasteiger partial charge in [-0.1, -0.05) is 27.7 Å². The molecule has 2 N–H and O–H groups in total. The van der Waals surface area contributed by atoms with Crippen LogP contribution < -0.4 is 10.2 Å². The molecule has 1 aromatic heterocycles. The van der Waals surface area contributed by atoms with Gasteiger partial charge in [0.15, 0.2) is 0 Å². The molecule has 0 bridgehead atoms. The summed E-state index contributed by atoms with van der Waals surface area (Å²) in [4.78, 5) is 13.9. The predicted molar refractivity (Wildman–Crippen MR) is 68.7 cm³/mol. The van der Waals surface area contributed by atoms with Crippen molar-refractivity contribution in [3.63, 3.8) is 0 Å². The third-order valence-electron chi connectivity index (χ3n) is 4.37. The molecule has 18 heavy (non-hydrogen) atoms. The maximum Gasteiger partial charge on any atom is 0.246 e. The molecule has 1 saturated carbocycles. The van der Waals surface area contributed by atoms with E-state index in [-0.39, 0.29) is 21.8 Å². The molecule has 2 rings (SSSR count). The molecular formula is C12H18N2O3S. The van der Waals surface area contributed by atoms with E-state index in [4.69, 9.17) is 0 Å². The lowest BCUT2D eigenvalue weighted by Crippen LogP contribution is -2.33. The van der Waals surface area contributed by atoms with Crippen molar-refractivity contribution in [2.75, 3.05) is 0 Å². The lowest BCUT2D eigenvalue weighted by molar-refractivity contribution is 0.457. The second-order valence-electron chi connectivity index (χ2n) is 5.87. The van der Waals surface area contributed by atoms with Crippen LogP contribution >= 0.6 is 0 Å². The van der Waals surface area contributed by atoms with E-state index in [1.54, 1.807) is 0 Å². The largest absolute Gasteiger partial charge is 0.366 e. The van der Waals surface area contributed by atoms with E-state index in [1.807, 2.05) is 27.7 Å². The summed E-state index contributed by atoms with van der Waals surface area (Å²) >= 11 is 0. The van der Waals surface area contributed by atoms with Gasteiger partial charge >= 0.3 is 0 Å². The van der Waals surface area contributed by atoms with E-state index in [2.05, 4.69) is 9.71 Å². The molecule has 0 aromatic carbocycles. The Hall–Kier alpha value is -1.14. The maximum atomic E-state index is 12.1. The van der Waals surface area contributed by atoms with E-state index >= 15 is 0 Å². The first-order valence-electron chi connectivity index (χ1n) is 5.80. The lowest BCUT2D eigenvalue weighted by atomic mass is 10.0. The van der Waals surface area contributed by atoms with Gasteiger partial charge in [0.1, 0.15) is 4.90 Å². The van der Waals surface area contributed by atoms with Crippen LogP contribution in [0.15, 0.2) is 28.2 Å². The van der Waals surface area contributed by atoms with Gasteiger partial charge in [0.05, 0.1) is 0 Å². The van der Waals surface area contributed by atoms with Crippen molar-refractivity contribution < 1.29 is 8.42 Å². The number of rotatable bonds is 3. The Labute approximate surface area is 107 Å². The number of sulfonamides is 1. The van der Waals surface area contributed by atoms with Crippen LogP contribution in [-0.4, -0.2) is 19.4 Å². The van der Waals surface area contributed by atoms with E-state index in [9.17, 15) is 13.2 Å². The number of aromatic nitrogens is 1. The molecule has 1 aliphatic rings. The zero-order chi connectivity index (χ0) is 13.8. The Bertz CT molecular complexity index is 615. The van der Waals surface area contributed by atoms with Gasteiger partial charge in [0, 0.05) is 24.5 Å². The molecule has 1 aliphatic carbocycles. The normalized spacial score (nSPS) is 21.8. The van der Waals surface area contributed by atoms with Crippen molar-refractivity contribution in [3.8, 4) is 0 Å². The highest BCUT2D eigenvalue weighted by molar-refractivity contribution is 7.89. The lowest BCUT2D eigenvalue weighted by Gasteiger charge is -2.07. The predicted octanol–water partition coefficient (Wildman–Crippen LogP) is 1.09. The molecule has 0 unspecified atom stereocenters. The summed E-state index contributed by atoms with van der Waals surface area (Å²) in [5.41, 5.74) is -0.721. The molecular weight excluding hydrogens is 252 g/mol. The minimum atomic E-state index is -3.76. The van der Waals surface area contributed by atoms with E-state index in [0.717, 1.165) is 0 Å². The Balaban J connectivity index is 2.32. The highest BCUT2D eigenvalue weighted by Crippen LogP contribution is 2.62. The van der Waals surface area contributed by atoms with E-state index in [0.29, 0.717) is 0 Å². The SMILES string of the molecule is CC1(C)C(NS(=O)(=O)c2c[nH]ccc2=O)C1(C)C. The maximum absolute atomic E-state index is 12.1. The summed E-state index contributed by atoms with van der Waals surface area (Å²) in [5, 5.41) is 0. The summed E-state index contributed by atoms with van der Waals surface area (Å²) in [6.07, 6.45) is 2.62. The van der Waals surface area contributed by atoms with Gasteiger partial charge in [-0.05, 0) is 10.8 Å². The fourth-order valence-electron chi connectivity index (χ4n) is 2.32. The van der Waals surface area contributed by atoms with Crippen LogP contribution in [0.25, 0.3) is 0 Å². The van der Waals surface area contributed by atoms with E-state index < -0.39 is 15.5 Å². The summed E-state index contributed by atoms with van der Waals surface area (Å²) in [5.74, 6) is 0. The molecule has 0 radical (unpaired) electrons. The molecule has 0 saturated heterocycles. The third-order valence-corrected chi connectivity index (χ3v) is 5.82. The summed E-state index contributed by atoms with van der Waals surface area (Å²) in [7, 11) is -3.76. The van der Waals surface area contributed by atoms with Gasteiger partial charge < -0.3 is 4.98 Å². The summed E-state index contributed by atoms with van der Waals surface area (Å²) in [6, 6.07) is 1.05. The summed E-state index contributed by atoms with van der Waals surface area (Å²) in [6.45, 7) is 8.04. The van der Waals surface area contributed by atoms with Crippen molar-refractivity contribution in [1.29, 1.82) is 0 Å². The van der Waals surface area contributed by atoms with Crippen LogP contribution in [0.5, 0.6) is 0 Å². The van der Waals surface area contributed by atoms with Gasteiger partial charge in [-0.2, -0.15) is 0 Å². The molecule has 1 aromatic rings. The minimum Gasteiger partial charge on any atom is -0.366 e. The number of aromatic amines is 1. The van der Waals surface area contributed by atoms with Crippen LogP contribution in [0.3, 0.4) is 0 Å². The van der Waals surface area contributed by atoms with Gasteiger partial charge in [0.2, 0.25) is 15.5 Å². The number of hydrogen-bond acceptors (Lipinski definition) is 3. The monoisotopic (exact) mass is 270 g/mol. The molecule has 5 nitrogen and oxygen atoms in total. The minimum absolute atomic E-state index is 0.110. The van der Waals surface area contributed by atoms with Crippen molar-refractivity contribution in [1.82, 2.24) is 9.71 Å². The zero-order valence-electron chi connectivity index (χ0n) is 10.9. The number of hydrogen-bond donors (Lipinski definition) is 2. The quantitative estimate of drug-likeness (QED) is 0.863. The first-order chi connectivity index (χ1) is 8.11. The van der Waals surface area contributed by atoms with Crippen LogP contribution in [0.1, 0.15) is 27.7 Å². The zero-order valence-corrected chi connectivity index (χ0v) is 11.8. The van der Waals surface area contributed by atoms with Crippen molar-refractivity contribution >= 4 is 10.0 Å². The Kier molecular flexibility index (Phi) is 2.72. The molecule has 0 atom stereocenters. The van der Waals surface area contributed by atoms with Crippen LogP contribution in [0, 0.1) is 10.8 Å². The molecule has 1 heterocycles. The Morgan fingerprint density at radius 1 is 1.22 bits per heavy atom. The average molecular weight is 270 g/mol. The molecule has 6 heteroatoms. The molecule has 0 amide bonds. The van der Waals surface area contributed by atoms with Crippen LogP contribution in [-0.2, 0) is 10.0 Å². The molecule has 100 valence electrons. The number of nitrogens with one attached hydrogen (secondary N) is 2. The standard InChI is InChI=1S/C12H18N2O3S/c1-11(2)10(12(11,3)4)14-18(16,17)9-7-13-6-5-8(9)15/h5-7,10,14H,1-4H3,(H,13,15). The Morgan fingerprint density at radius 2 is 1.78 bits per heavy atom. The highest BCUT2D eigenvalue weighted by atomic mass is 32.2. The first-order valence-corrected chi connectivity index (χ1v) is 7.28. The molecule has 1 fully saturated rings. The topological polar surface area (TPSA) is 79.0 Å². The average Bonchev–Trinajstić information content (AvgIpc) is 2.61. The second-order valence-corrected chi connectivity index (χ2v) is 7.55. The fraction of sp³-hybridized carbons (Fsp3) is 0.583. The van der Waals surface area contributed by atoms with Gasteiger partial charge in [-0.15, -0.1) is 0 Å². The second kappa shape index (κ2) is 3.68. The first kappa shape index (κ1) is 13.3. The van der Waals surface area contributed by atoms with Crippen LogP contribution in [0.4, 0.5) is 0 Å². The molecule has 0 aliphatic heterocycles. The van der Waals surface area contributed by atoms with Crippen molar-refractivity contribution in [2.45, 2.75) is 38.6 Å². The van der Waals surface area contributed by atoms with Gasteiger partial charge in [-0.3, -0.25) is 4.79 Å². The highest BCUT2D eigenvalue weighted by Gasteiger charge is 2.66. The third kappa shape index (κ3) is 1.80. The van der Waals surface area contributed by atoms with Crippen molar-refractivity contribution in [3.05, 3.63) is 28.7 Å².